The monoisotopic (exact) mass is 247 g/mol. The highest BCUT2D eigenvalue weighted by Gasteiger charge is 2.19. The fourth-order valence-corrected chi connectivity index (χ4v) is 2.17. The molecule has 4 nitrogen and oxygen atoms in total. The van der Waals surface area contributed by atoms with E-state index in [9.17, 15) is 4.79 Å². The maximum absolute atomic E-state index is 11.2. The van der Waals surface area contributed by atoms with Crippen molar-refractivity contribution in [3.8, 4) is 5.75 Å². The molecule has 0 aliphatic rings. The van der Waals surface area contributed by atoms with Crippen molar-refractivity contribution in [2.24, 2.45) is 0 Å². The molecule has 0 bridgehead atoms. The number of ether oxygens (including phenoxy) is 1. The summed E-state index contributed by atoms with van der Waals surface area (Å²) in [6.07, 6.45) is 1.92. The van der Waals surface area contributed by atoms with Gasteiger partial charge in [0, 0.05) is 23.6 Å². The fourth-order valence-electron chi connectivity index (χ4n) is 2.17. The van der Waals surface area contributed by atoms with Crippen LogP contribution in [0.4, 0.5) is 0 Å². The first-order valence-corrected chi connectivity index (χ1v) is 5.98. The average Bonchev–Trinajstić information content (AvgIpc) is 2.75. The van der Waals surface area contributed by atoms with Crippen LogP contribution < -0.4 is 4.74 Å². The van der Waals surface area contributed by atoms with Gasteiger partial charge in [-0.1, -0.05) is 0 Å². The van der Waals surface area contributed by atoms with Gasteiger partial charge < -0.3 is 14.4 Å². The van der Waals surface area contributed by atoms with Gasteiger partial charge in [0.2, 0.25) is 0 Å². The van der Waals surface area contributed by atoms with Crippen molar-refractivity contribution in [1.82, 2.24) is 4.57 Å². The molecule has 1 aromatic carbocycles. The van der Waals surface area contributed by atoms with Crippen LogP contribution in [0, 0.1) is 0 Å². The van der Waals surface area contributed by atoms with E-state index in [0.29, 0.717) is 0 Å². The number of aromatic nitrogens is 1. The summed E-state index contributed by atoms with van der Waals surface area (Å²) in [4.78, 5) is 11.2. The highest BCUT2D eigenvalue weighted by molar-refractivity contribution is 5.90. The van der Waals surface area contributed by atoms with Crippen LogP contribution in [-0.2, 0) is 11.3 Å². The minimum absolute atomic E-state index is 0.521. The van der Waals surface area contributed by atoms with Gasteiger partial charge in [-0.25, -0.2) is 0 Å². The minimum atomic E-state index is -0.812. The van der Waals surface area contributed by atoms with Gasteiger partial charge in [0.05, 0.1) is 13.0 Å². The van der Waals surface area contributed by atoms with E-state index in [0.717, 1.165) is 28.8 Å². The van der Waals surface area contributed by atoms with E-state index in [1.165, 1.54) is 0 Å². The highest BCUT2D eigenvalue weighted by Crippen LogP contribution is 2.30. The van der Waals surface area contributed by atoms with Crippen molar-refractivity contribution in [3.63, 3.8) is 0 Å². The van der Waals surface area contributed by atoms with E-state index in [4.69, 9.17) is 9.84 Å². The molecule has 0 aliphatic heterocycles. The molecule has 1 aromatic heterocycles. The number of carboxylic acids is 1. The number of benzene rings is 1. The third-order valence-corrected chi connectivity index (χ3v) is 3.30. The van der Waals surface area contributed by atoms with Gasteiger partial charge in [0.1, 0.15) is 5.75 Å². The van der Waals surface area contributed by atoms with Gasteiger partial charge in [-0.05, 0) is 37.6 Å². The number of carboxylic acid groups (broad SMARTS) is 1. The van der Waals surface area contributed by atoms with Gasteiger partial charge in [0.15, 0.2) is 0 Å². The van der Waals surface area contributed by atoms with Gasteiger partial charge in [-0.2, -0.15) is 0 Å². The van der Waals surface area contributed by atoms with Crippen molar-refractivity contribution in [2.75, 3.05) is 7.11 Å². The number of hydrogen-bond donors (Lipinski definition) is 1. The SMILES string of the molecule is CCn1cc(C(C)C(=O)O)c2cc(OC)ccc21. The molecule has 0 saturated carbocycles. The van der Waals surface area contributed by atoms with Crippen LogP contribution in [0.25, 0.3) is 10.9 Å². The zero-order valence-electron chi connectivity index (χ0n) is 10.8. The molecule has 18 heavy (non-hydrogen) atoms. The summed E-state index contributed by atoms with van der Waals surface area (Å²) < 4.78 is 7.26. The topological polar surface area (TPSA) is 51.5 Å². The first kappa shape index (κ1) is 12.5. The Hall–Kier alpha value is -1.97. The number of aryl methyl sites for hydroxylation is 1. The molecule has 0 spiro atoms. The predicted molar refractivity (Wildman–Crippen MR) is 70.2 cm³/mol. The van der Waals surface area contributed by atoms with Crippen molar-refractivity contribution in [3.05, 3.63) is 30.0 Å². The number of rotatable bonds is 4. The molecule has 1 atom stereocenters. The number of hydrogen-bond acceptors (Lipinski definition) is 2. The smallest absolute Gasteiger partial charge is 0.310 e. The van der Waals surface area contributed by atoms with Crippen LogP contribution in [-0.4, -0.2) is 22.8 Å². The highest BCUT2D eigenvalue weighted by atomic mass is 16.5. The lowest BCUT2D eigenvalue weighted by atomic mass is 10.0. The number of nitrogens with zero attached hydrogens (tertiary/aromatic N) is 1. The lowest BCUT2D eigenvalue weighted by molar-refractivity contribution is -0.138. The Morgan fingerprint density at radius 2 is 2.22 bits per heavy atom. The van der Waals surface area contributed by atoms with Crippen LogP contribution in [0.1, 0.15) is 25.3 Å². The maximum atomic E-state index is 11.2. The molecule has 1 heterocycles. The molecule has 96 valence electrons. The van der Waals surface area contributed by atoms with Gasteiger partial charge in [0.25, 0.3) is 0 Å². The lowest BCUT2D eigenvalue weighted by Crippen LogP contribution is -2.06. The molecule has 0 amide bonds. The van der Waals surface area contributed by atoms with Gasteiger partial charge in [-0.3, -0.25) is 4.79 Å². The molecule has 4 heteroatoms. The molecule has 1 unspecified atom stereocenters. The van der Waals surface area contributed by atoms with E-state index in [2.05, 4.69) is 4.57 Å². The summed E-state index contributed by atoms with van der Waals surface area (Å²) in [5, 5.41) is 10.1. The standard InChI is InChI=1S/C14H17NO3/c1-4-15-8-12(9(2)14(16)17)11-7-10(18-3)5-6-13(11)15/h5-9H,4H2,1-3H3,(H,16,17). The Bertz CT molecular complexity index is 586. The normalized spacial score (nSPS) is 12.6. The summed E-state index contributed by atoms with van der Waals surface area (Å²) in [5.74, 6) is -0.587. The summed E-state index contributed by atoms with van der Waals surface area (Å²) in [5.41, 5.74) is 1.87. The van der Waals surface area contributed by atoms with Crippen LogP contribution in [0.3, 0.4) is 0 Å². The van der Waals surface area contributed by atoms with Crippen molar-refractivity contribution < 1.29 is 14.6 Å². The first-order valence-electron chi connectivity index (χ1n) is 5.98. The molecule has 0 fully saturated rings. The Kier molecular flexibility index (Phi) is 3.28. The molecule has 1 N–H and O–H groups in total. The third-order valence-electron chi connectivity index (χ3n) is 3.30. The fraction of sp³-hybridized carbons (Fsp3) is 0.357. The lowest BCUT2D eigenvalue weighted by Gasteiger charge is -2.05. The summed E-state index contributed by atoms with van der Waals surface area (Å²) in [6, 6.07) is 5.76. The summed E-state index contributed by atoms with van der Waals surface area (Å²) in [7, 11) is 1.61. The summed E-state index contributed by atoms with van der Waals surface area (Å²) >= 11 is 0. The molecule has 0 saturated heterocycles. The average molecular weight is 247 g/mol. The Morgan fingerprint density at radius 3 is 2.78 bits per heavy atom. The maximum Gasteiger partial charge on any atom is 0.310 e. The Balaban J connectivity index is 2.68. The predicted octanol–water partition coefficient (Wildman–Crippen LogP) is 2.86. The van der Waals surface area contributed by atoms with Crippen LogP contribution in [0.5, 0.6) is 5.75 Å². The van der Waals surface area contributed by atoms with Gasteiger partial charge in [-0.15, -0.1) is 0 Å². The third kappa shape index (κ3) is 1.94. The molecular weight excluding hydrogens is 230 g/mol. The minimum Gasteiger partial charge on any atom is -0.497 e. The molecule has 2 aromatic rings. The molecular formula is C14H17NO3. The quantitative estimate of drug-likeness (QED) is 0.903. The van der Waals surface area contributed by atoms with Crippen LogP contribution >= 0.6 is 0 Å². The second kappa shape index (κ2) is 4.72. The number of methoxy groups -OCH3 is 1. The second-order valence-corrected chi connectivity index (χ2v) is 4.31. The number of fused-ring (bicyclic) bond motifs is 1. The Morgan fingerprint density at radius 1 is 1.50 bits per heavy atom. The van der Waals surface area contributed by atoms with E-state index in [1.54, 1.807) is 14.0 Å². The van der Waals surface area contributed by atoms with Crippen LogP contribution in [0.15, 0.2) is 24.4 Å². The number of aliphatic carboxylic acids is 1. The zero-order chi connectivity index (χ0) is 13.3. The van der Waals surface area contributed by atoms with E-state index < -0.39 is 11.9 Å². The zero-order valence-corrected chi connectivity index (χ0v) is 10.8. The van der Waals surface area contributed by atoms with Crippen LogP contribution in [0.2, 0.25) is 0 Å². The van der Waals surface area contributed by atoms with E-state index in [-0.39, 0.29) is 0 Å². The largest absolute Gasteiger partial charge is 0.497 e. The molecule has 0 aliphatic carbocycles. The Labute approximate surface area is 106 Å². The number of carbonyl (C=O) groups is 1. The second-order valence-electron chi connectivity index (χ2n) is 4.31. The van der Waals surface area contributed by atoms with Crippen molar-refractivity contribution in [2.45, 2.75) is 26.3 Å². The van der Waals surface area contributed by atoms with Gasteiger partial charge >= 0.3 is 5.97 Å². The summed E-state index contributed by atoms with van der Waals surface area (Å²) in [6.45, 7) is 4.56. The molecule has 0 radical (unpaired) electrons. The van der Waals surface area contributed by atoms with Crippen molar-refractivity contribution >= 4 is 16.9 Å². The van der Waals surface area contributed by atoms with Crippen molar-refractivity contribution in [1.29, 1.82) is 0 Å². The van der Waals surface area contributed by atoms with E-state index in [1.807, 2.05) is 31.3 Å². The molecule has 2 rings (SSSR count). The van der Waals surface area contributed by atoms with E-state index >= 15 is 0 Å². The first-order chi connectivity index (χ1) is 8.58.